The number of rotatable bonds is 3. The maximum absolute atomic E-state index is 8.94. The molecule has 0 heterocycles. The fraction of sp³-hybridized carbons (Fsp3) is 0. The zero-order valence-electron chi connectivity index (χ0n) is 6.03. The predicted molar refractivity (Wildman–Crippen MR) is 9.01 cm³/mol. The molecule has 0 aliphatic rings. The van der Waals surface area contributed by atoms with Crippen molar-refractivity contribution in [2.75, 3.05) is 0 Å². The average molecular weight is 128 g/mol. The van der Waals surface area contributed by atoms with E-state index in [1.807, 2.05) is 0 Å². The molecule has 0 unspecified atom stereocenters. The molecule has 0 bridgehead atoms. The van der Waals surface area contributed by atoms with Gasteiger partial charge in [-0.05, 0) is 0 Å². The third-order valence-corrected chi connectivity index (χ3v) is 0.236. The summed E-state index contributed by atoms with van der Waals surface area (Å²) in [6.45, 7) is 0. The van der Waals surface area contributed by atoms with Crippen LogP contribution in [-0.4, -0.2) is 7.32 Å². The molecule has 0 aromatic heterocycles. The molecule has 0 aliphatic heterocycles. The van der Waals surface area contributed by atoms with Crippen molar-refractivity contribution in [2.24, 2.45) is 0 Å². The van der Waals surface area contributed by atoms with Gasteiger partial charge in [0.05, 0.1) is 0 Å². The molecule has 0 saturated heterocycles. The summed E-state index contributed by atoms with van der Waals surface area (Å²) in [6.07, 6.45) is 0. The molecule has 0 spiro atoms. The Morgan fingerprint density at radius 2 is 0.900 bits per heavy atom. The van der Waals surface area contributed by atoms with E-state index in [9.17, 15) is 0 Å². The molecule has 10 heavy (non-hydrogen) atoms. The zero-order valence-corrected chi connectivity index (χ0v) is 6.03. The van der Waals surface area contributed by atoms with Crippen molar-refractivity contribution in [3.05, 3.63) is 0 Å². The van der Waals surface area contributed by atoms with E-state index >= 15 is 0 Å². The number of hydrogen-bond acceptors (Lipinski definition) is 6. The van der Waals surface area contributed by atoms with Crippen molar-refractivity contribution >= 4 is 7.32 Å². The normalized spacial score (nSPS) is 6.30. The van der Waals surface area contributed by atoms with E-state index in [4.69, 9.17) is 15.8 Å². The molecule has 42 valence electrons. The van der Waals surface area contributed by atoms with Crippen LogP contribution in [0.15, 0.2) is 0 Å². The van der Waals surface area contributed by atoms with Crippen LogP contribution in [0.1, 0.15) is 0 Å². The molecule has 0 saturated carbocycles. The summed E-state index contributed by atoms with van der Waals surface area (Å²) in [5.74, 6) is 0. The van der Waals surface area contributed by atoms with Crippen molar-refractivity contribution in [1.29, 1.82) is 0 Å². The van der Waals surface area contributed by atoms with Crippen LogP contribution in [0, 0.1) is 0 Å². The second-order valence-corrected chi connectivity index (χ2v) is 0.577. The molecule has 0 radical (unpaired) electrons. The third kappa shape index (κ3) is 12.3. The predicted octanol–water partition coefficient (Wildman–Crippen LogP) is -13.1. The fourth-order valence-corrected chi connectivity index (χ4v) is 0.0481. The summed E-state index contributed by atoms with van der Waals surface area (Å²) in [4.78, 5) is 8.19. The Labute approximate surface area is 93.7 Å². The van der Waals surface area contributed by atoms with E-state index in [0.29, 0.717) is 0 Å². The van der Waals surface area contributed by atoms with Gasteiger partial charge in [-0.15, -0.1) is 0 Å². The van der Waals surface area contributed by atoms with Crippen molar-refractivity contribution in [3.63, 3.8) is 0 Å². The Kier molecular flexibility index (Phi) is 38.2. The Hall–Kier alpha value is 1.62. The van der Waals surface area contributed by atoms with Gasteiger partial charge in [0.2, 0.25) is 0 Å². The van der Waals surface area contributed by atoms with E-state index in [1.165, 1.54) is 0 Å². The molecular formula is BLi3O6. The topological polar surface area (TPSA) is 96.9 Å². The van der Waals surface area contributed by atoms with Crippen LogP contribution < -0.4 is 72.4 Å². The first-order valence-electron chi connectivity index (χ1n) is 1.21. The van der Waals surface area contributed by atoms with Crippen LogP contribution in [0.25, 0.3) is 0 Å². The summed E-state index contributed by atoms with van der Waals surface area (Å²) >= 11 is 0. The van der Waals surface area contributed by atoms with Crippen molar-refractivity contribution < 1.29 is 86.8 Å². The Bertz CT molecular complexity index is 34.5. The number of hydrogen-bond donors (Lipinski definition) is 0. The van der Waals surface area contributed by atoms with Crippen molar-refractivity contribution in [1.82, 2.24) is 0 Å². The van der Waals surface area contributed by atoms with Crippen LogP contribution >= 0.6 is 0 Å². The minimum Gasteiger partial charge on any atom is -0.737 e. The fourth-order valence-electron chi connectivity index (χ4n) is 0.0481. The maximum Gasteiger partial charge on any atom is 1.00 e. The van der Waals surface area contributed by atoms with E-state index in [1.54, 1.807) is 0 Å². The van der Waals surface area contributed by atoms with Crippen LogP contribution in [0.3, 0.4) is 0 Å². The summed E-state index contributed by atoms with van der Waals surface area (Å²) in [5, 5.41) is 26.8. The molecule has 0 N–H and O–H groups in total. The van der Waals surface area contributed by atoms with Crippen LogP contribution in [0.2, 0.25) is 0 Å². The largest absolute Gasteiger partial charge is 1.00 e. The molecule has 0 amide bonds. The van der Waals surface area contributed by atoms with Gasteiger partial charge in [-0.25, -0.2) is 0 Å². The van der Waals surface area contributed by atoms with Gasteiger partial charge >= 0.3 is 63.9 Å². The Morgan fingerprint density at radius 1 is 0.700 bits per heavy atom. The molecule has 0 rings (SSSR count). The van der Waals surface area contributed by atoms with Crippen LogP contribution in [0.5, 0.6) is 0 Å². The first-order chi connectivity index (χ1) is 3.35. The van der Waals surface area contributed by atoms with Gasteiger partial charge in [0.25, 0.3) is 0 Å². The smallest absolute Gasteiger partial charge is 0.737 e. The molecule has 0 atom stereocenters. The summed E-state index contributed by atoms with van der Waals surface area (Å²) in [7, 11) is -2.18. The van der Waals surface area contributed by atoms with Gasteiger partial charge in [-0.3, -0.25) is 0 Å². The quantitative estimate of drug-likeness (QED) is 0.212. The van der Waals surface area contributed by atoms with Crippen LogP contribution in [0.4, 0.5) is 0 Å². The van der Waals surface area contributed by atoms with E-state index in [2.05, 4.69) is 14.4 Å². The molecular weight excluding hydrogens is 128 g/mol. The van der Waals surface area contributed by atoms with Gasteiger partial charge in [0.1, 0.15) is 0 Å². The minimum absolute atomic E-state index is 0. The molecule has 10 heteroatoms. The van der Waals surface area contributed by atoms with Gasteiger partial charge in [-0.2, -0.15) is 0 Å². The first kappa shape index (κ1) is 22.6. The van der Waals surface area contributed by atoms with Gasteiger partial charge < -0.3 is 30.2 Å². The van der Waals surface area contributed by atoms with Gasteiger partial charge in [0, 0.05) is 0 Å². The van der Waals surface area contributed by atoms with Crippen molar-refractivity contribution in [2.45, 2.75) is 0 Å². The summed E-state index contributed by atoms with van der Waals surface area (Å²) in [5.41, 5.74) is 0. The van der Waals surface area contributed by atoms with E-state index < -0.39 is 7.32 Å². The SMILES string of the molecule is [Li+].[Li+].[Li+].[O-]OB(O[O-])O[O-]. The summed E-state index contributed by atoms with van der Waals surface area (Å²) in [6, 6.07) is 0. The maximum atomic E-state index is 8.94. The zero-order chi connectivity index (χ0) is 5.70. The monoisotopic (exact) mass is 128 g/mol. The average Bonchev–Trinajstić information content (AvgIpc) is 1.72. The molecule has 0 aliphatic carbocycles. The molecule has 0 fully saturated rings. The molecule has 0 aromatic carbocycles. The standard InChI is InChI=1S/BH3O6.3Li/c2-5-1(6-3)7-4;;;/h2-4H;;;/q;3*+1/p-3. The second-order valence-electron chi connectivity index (χ2n) is 0.577. The first-order valence-corrected chi connectivity index (χ1v) is 1.21. The van der Waals surface area contributed by atoms with Crippen molar-refractivity contribution in [3.8, 4) is 0 Å². The van der Waals surface area contributed by atoms with Gasteiger partial charge in [-0.1, -0.05) is 0 Å². The van der Waals surface area contributed by atoms with E-state index in [0.717, 1.165) is 0 Å². The van der Waals surface area contributed by atoms with Crippen LogP contribution in [-0.2, 0) is 14.4 Å². The minimum atomic E-state index is -2.18. The third-order valence-electron chi connectivity index (χ3n) is 0.236. The second kappa shape index (κ2) is 16.9. The van der Waals surface area contributed by atoms with E-state index in [-0.39, 0.29) is 56.6 Å². The Morgan fingerprint density at radius 3 is 0.900 bits per heavy atom. The molecule has 6 nitrogen and oxygen atoms in total. The summed E-state index contributed by atoms with van der Waals surface area (Å²) < 4.78 is 0. The van der Waals surface area contributed by atoms with Gasteiger partial charge in [0.15, 0.2) is 0 Å². The Balaban J connectivity index is -0.0000000600. The molecule has 0 aromatic rings.